The number of aromatic nitrogens is 1. The van der Waals surface area contributed by atoms with E-state index in [-0.39, 0.29) is 5.56 Å². The Morgan fingerprint density at radius 3 is 2.93 bits per heavy atom. The smallest absolute Gasteiger partial charge is 0.248 e. The summed E-state index contributed by atoms with van der Waals surface area (Å²) in [6, 6.07) is 12.2. The fourth-order valence-corrected chi connectivity index (χ4v) is 4.89. The van der Waals surface area contributed by atoms with E-state index in [1.165, 1.54) is 22.3 Å². The molecule has 0 fully saturated rings. The van der Waals surface area contributed by atoms with E-state index in [9.17, 15) is 4.79 Å². The van der Waals surface area contributed by atoms with Crippen LogP contribution in [0.25, 0.3) is 6.08 Å². The van der Waals surface area contributed by atoms with Crippen LogP contribution in [0.3, 0.4) is 0 Å². The van der Waals surface area contributed by atoms with Crippen molar-refractivity contribution in [3.63, 3.8) is 0 Å². The maximum atomic E-state index is 11.9. The third-order valence-corrected chi connectivity index (χ3v) is 6.11. The van der Waals surface area contributed by atoms with Crippen LogP contribution in [0.15, 0.2) is 75.6 Å². The standard InChI is InChI=1S/C26H28N2O/c1-4-19-8-6-9-20(15-19)10-7-13-27-26-17-18(3)14-21(22(26)5-2)16-24-23(26)11-12-25(29)28-24/h5-15,21H,4,16-17H2,1-3H3,(H,28,29)/b10-7?,22-5+,27-13?/t21-,26+/m0/s1. The Hall–Kier alpha value is -2.94. The van der Waals surface area contributed by atoms with Gasteiger partial charge in [-0.15, -0.1) is 0 Å². The highest BCUT2D eigenvalue weighted by atomic mass is 16.1. The molecule has 0 unspecified atom stereocenters. The first-order valence-electron chi connectivity index (χ1n) is 10.4. The summed E-state index contributed by atoms with van der Waals surface area (Å²) in [7, 11) is 0. The van der Waals surface area contributed by atoms with Gasteiger partial charge in [0.05, 0.1) is 0 Å². The number of benzene rings is 1. The van der Waals surface area contributed by atoms with Crippen molar-refractivity contribution < 1.29 is 0 Å². The average molecular weight is 385 g/mol. The van der Waals surface area contributed by atoms with Crippen LogP contribution < -0.4 is 5.56 Å². The number of aromatic amines is 1. The molecule has 4 rings (SSSR count). The average Bonchev–Trinajstić information content (AvgIpc) is 2.70. The molecule has 2 aliphatic rings. The number of aryl methyl sites for hydroxylation is 1. The zero-order valence-corrected chi connectivity index (χ0v) is 17.4. The van der Waals surface area contributed by atoms with Crippen molar-refractivity contribution in [3.8, 4) is 0 Å². The second kappa shape index (κ2) is 7.82. The van der Waals surface area contributed by atoms with Crippen LogP contribution in [0.1, 0.15) is 49.6 Å². The second-order valence-electron chi connectivity index (χ2n) is 8.06. The lowest BCUT2D eigenvalue weighted by molar-refractivity contribution is 0.413. The summed E-state index contributed by atoms with van der Waals surface area (Å²) in [6.07, 6.45) is 13.3. The number of pyridine rings is 1. The number of nitrogens with one attached hydrogen (secondary N) is 1. The molecule has 1 heterocycles. The first-order chi connectivity index (χ1) is 14.1. The minimum Gasteiger partial charge on any atom is -0.326 e. The van der Waals surface area contributed by atoms with Crippen LogP contribution >= 0.6 is 0 Å². The maximum Gasteiger partial charge on any atom is 0.248 e. The predicted octanol–water partition coefficient (Wildman–Crippen LogP) is 5.39. The number of allylic oxidation sites excluding steroid dienone is 3. The quantitative estimate of drug-likeness (QED) is 0.558. The molecule has 29 heavy (non-hydrogen) atoms. The molecule has 2 bridgehead atoms. The van der Waals surface area contributed by atoms with Crippen molar-refractivity contribution in [3.05, 3.63) is 98.5 Å². The first kappa shape index (κ1) is 19.4. The van der Waals surface area contributed by atoms with E-state index in [2.05, 4.69) is 68.2 Å². The van der Waals surface area contributed by atoms with Gasteiger partial charge >= 0.3 is 0 Å². The molecule has 1 aromatic carbocycles. The summed E-state index contributed by atoms with van der Waals surface area (Å²) in [5, 5.41) is 0. The summed E-state index contributed by atoms with van der Waals surface area (Å²) in [6.45, 7) is 6.46. The topological polar surface area (TPSA) is 45.2 Å². The molecule has 0 saturated carbocycles. The Labute approximate surface area is 172 Å². The van der Waals surface area contributed by atoms with Crippen LogP contribution in [0.5, 0.6) is 0 Å². The molecule has 0 amide bonds. The monoisotopic (exact) mass is 384 g/mol. The molecule has 2 aliphatic carbocycles. The number of aliphatic imine (C=N–C) groups is 1. The molecule has 0 radical (unpaired) electrons. The number of fused-ring (bicyclic) bond motifs is 4. The van der Waals surface area contributed by atoms with Crippen molar-refractivity contribution >= 4 is 12.3 Å². The van der Waals surface area contributed by atoms with E-state index in [0.717, 1.165) is 30.5 Å². The Balaban J connectivity index is 1.74. The van der Waals surface area contributed by atoms with Crippen molar-refractivity contribution in [1.82, 2.24) is 4.98 Å². The largest absolute Gasteiger partial charge is 0.326 e. The number of hydrogen-bond acceptors (Lipinski definition) is 2. The van der Waals surface area contributed by atoms with Gasteiger partial charge in [0.1, 0.15) is 5.54 Å². The van der Waals surface area contributed by atoms with Gasteiger partial charge in [-0.1, -0.05) is 55.0 Å². The highest BCUT2D eigenvalue weighted by molar-refractivity contribution is 5.79. The lowest BCUT2D eigenvalue weighted by Gasteiger charge is -2.45. The van der Waals surface area contributed by atoms with Crippen LogP contribution in [0.2, 0.25) is 0 Å². The fourth-order valence-electron chi connectivity index (χ4n) is 4.89. The van der Waals surface area contributed by atoms with E-state index >= 15 is 0 Å². The zero-order valence-electron chi connectivity index (χ0n) is 17.4. The van der Waals surface area contributed by atoms with Crippen molar-refractivity contribution in [2.45, 2.75) is 45.6 Å². The van der Waals surface area contributed by atoms with E-state index < -0.39 is 5.54 Å². The van der Waals surface area contributed by atoms with E-state index in [0.29, 0.717) is 5.92 Å². The fraction of sp³-hybridized carbons (Fsp3) is 0.308. The van der Waals surface area contributed by atoms with Gasteiger partial charge in [-0.2, -0.15) is 0 Å². The molecular formula is C26H28N2O. The van der Waals surface area contributed by atoms with Crippen LogP contribution in [0, 0.1) is 5.92 Å². The molecular weight excluding hydrogens is 356 g/mol. The zero-order chi connectivity index (χ0) is 20.4. The molecule has 0 spiro atoms. The third-order valence-electron chi connectivity index (χ3n) is 6.11. The Bertz CT molecular complexity index is 1100. The van der Waals surface area contributed by atoms with Gasteiger partial charge in [0.25, 0.3) is 0 Å². The minimum absolute atomic E-state index is 0.0405. The Morgan fingerprint density at radius 1 is 1.28 bits per heavy atom. The molecule has 148 valence electrons. The molecule has 2 atom stereocenters. The predicted molar refractivity (Wildman–Crippen MR) is 121 cm³/mol. The SMILES string of the molecule is C/C=C1\[C@H]2C=C(C)C[C@]1(N=CC=Cc1cccc(CC)c1)c1ccc(=O)[nH]c1C2. The molecule has 2 aromatic rings. The van der Waals surface area contributed by atoms with Crippen molar-refractivity contribution in [2.24, 2.45) is 10.9 Å². The number of rotatable bonds is 4. The van der Waals surface area contributed by atoms with E-state index in [1.54, 1.807) is 6.07 Å². The highest BCUT2D eigenvalue weighted by Crippen LogP contribution is 2.51. The lowest BCUT2D eigenvalue weighted by Crippen LogP contribution is -2.40. The van der Waals surface area contributed by atoms with Gasteiger partial charge < -0.3 is 4.98 Å². The van der Waals surface area contributed by atoms with Crippen LogP contribution in [-0.2, 0) is 18.4 Å². The normalized spacial score (nSPS) is 24.9. The van der Waals surface area contributed by atoms with Gasteiger partial charge in [0.15, 0.2) is 0 Å². The van der Waals surface area contributed by atoms with E-state index in [1.807, 2.05) is 18.4 Å². The number of H-pyrrole nitrogens is 1. The second-order valence-corrected chi connectivity index (χ2v) is 8.06. The molecule has 3 nitrogen and oxygen atoms in total. The van der Waals surface area contributed by atoms with Gasteiger partial charge in [0.2, 0.25) is 5.56 Å². The van der Waals surface area contributed by atoms with Crippen LogP contribution in [-0.4, -0.2) is 11.2 Å². The third kappa shape index (κ3) is 3.57. The first-order valence-corrected chi connectivity index (χ1v) is 10.4. The molecule has 0 aliphatic heterocycles. The van der Waals surface area contributed by atoms with Crippen LogP contribution in [0.4, 0.5) is 0 Å². The van der Waals surface area contributed by atoms with Gasteiger partial charge in [0, 0.05) is 35.9 Å². The Kier molecular flexibility index (Phi) is 5.23. The summed E-state index contributed by atoms with van der Waals surface area (Å²) >= 11 is 0. The van der Waals surface area contributed by atoms with E-state index in [4.69, 9.17) is 4.99 Å². The number of hydrogen-bond donors (Lipinski definition) is 1. The summed E-state index contributed by atoms with van der Waals surface area (Å²) in [4.78, 5) is 20.1. The Morgan fingerprint density at radius 2 is 2.14 bits per heavy atom. The molecule has 1 N–H and O–H groups in total. The molecule has 0 saturated heterocycles. The number of nitrogens with zero attached hydrogens (tertiary/aromatic N) is 1. The lowest BCUT2D eigenvalue weighted by atomic mass is 9.63. The minimum atomic E-state index is -0.425. The van der Waals surface area contributed by atoms with Crippen molar-refractivity contribution in [2.75, 3.05) is 0 Å². The summed E-state index contributed by atoms with van der Waals surface area (Å²) < 4.78 is 0. The molecule has 1 aromatic heterocycles. The maximum absolute atomic E-state index is 11.9. The van der Waals surface area contributed by atoms with Gasteiger partial charge in [-0.25, -0.2) is 0 Å². The summed E-state index contributed by atoms with van der Waals surface area (Å²) in [5.74, 6) is 0.293. The van der Waals surface area contributed by atoms with Gasteiger partial charge in [-0.3, -0.25) is 9.79 Å². The summed E-state index contributed by atoms with van der Waals surface area (Å²) in [5.41, 5.74) is 6.90. The molecule has 3 heteroatoms. The van der Waals surface area contributed by atoms with Crippen molar-refractivity contribution in [1.29, 1.82) is 0 Å². The van der Waals surface area contributed by atoms with Gasteiger partial charge in [-0.05, 0) is 55.5 Å². The highest BCUT2D eigenvalue weighted by Gasteiger charge is 2.46.